The van der Waals surface area contributed by atoms with Gasteiger partial charge in [0.2, 0.25) is 0 Å². The Bertz CT molecular complexity index is 836. The molecule has 0 amide bonds. The lowest BCUT2D eigenvalue weighted by molar-refractivity contribution is -0.138. The summed E-state index contributed by atoms with van der Waals surface area (Å²) in [7, 11) is 0. The van der Waals surface area contributed by atoms with Gasteiger partial charge in [-0.05, 0) is 42.3 Å². The highest BCUT2D eigenvalue weighted by Gasteiger charge is 2.31. The first-order valence-corrected chi connectivity index (χ1v) is 8.91. The molecule has 1 aromatic heterocycles. The molecule has 0 fully saturated rings. The molecule has 0 N–H and O–H groups in total. The van der Waals surface area contributed by atoms with Gasteiger partial charge in [-0.2, -0.15) is 10.4 Å². The molecule has 24 heavy (non-hydrogen) atoms. The Morgan fingerprint density at radius 2 is 2.08 bits per heavy atom. The summed E-state index contributed by atoms with van der Waals surface area (Å²) in [5.74, 6) is -0.633. The van der Waals surface area contributed by atoms with Gasteiger partial charge in [0.1, 0.15) is 16.1 Å². The fourth-order valence-corrected chi connectivity index (χ4v) is 3.89. The molecule has 0 radical (unpaired) electrons. The van der Waals surface area contributed by atoms with Crippen molar-refractivity contribution in [1.82, 2.24) is 0 Å². The van der Waals surface area contributed by atoms with Gasteiger partial charge in [0.25, 0.3) is 0 Å². The number of benzene rings is 1. The third kappa shape index (κ3) is 3.20. The van der Waals surface area contributed by atoms with Crippen LogP contribution >= 0.6 is 23.1 Å². The molecule has 7 heteroatoms. The van der Waals surface area contributed by atoms with E-state index in [0.717, 1.165) is 15.6 Å². The molecule has 120 valence electrons. The number of hydrazone groups is 1. The fourth-order valence-electron chi connectivity index (χ4n) is 2.08. The smallest absolute Gasteiger partial charge is 0.351 e. The molecule has 0 spiro atoms. The predicted molar refractivity (Wildman–Crippen MR) is 96.6 cm³/mol. The number of anilines is 1. The molecule has 2 heterocycles. The molecule has 0 saturated heterocycles. The summed E-state index contributed by atoms with van der Waals surface area (Å²) in [6, 6.07) is 15.3. The van der Waals surface area contributed by atoms with Crippen LogP contribution < -0.4 is 5.01 Å². The molecule has 5 nitrogen and oxygen atoms in total. The van der Waals surface area contributed by atoms with Crippen LogP contribution in [0.1, 0.15) is 11.8 Å². The number of thioether (sulfide) groups is 1. The van der Waals surface area contributed by atoms with Crippen molar-refractivity contribution >= 4 is 39.8 Å². The number of ether oxygens (including phenoxy) is 1. The number of thiophene rings is 1. The zero-order valence-corrected chi connectivity index (χ0v) is 14.4. The third-order valence-corrected chi connectivity index (χ3v) is 5.19. The molecule has 0 bridgehead atoms. The quantitative estimate of drug-likeness (QED) is 0.472. The van der Waals surface area contributed by atoms with Crippen LogP contribution in [0.2, 0.25) is 0 Å². The molecule has 2 aromatic rings. The number of carbonyl (C=O) groups excluding carboxylic acids is 1. The number of carbonyl (C=O) groups is 1. The lowest BCUT2D eigenvalue weighted by Gasteiger charge is -2.16. The van der Waals surface area contributed by atoms with Crippen molar-refractivity contribution in [2.45, 2.75) is 6.92 Å². The van der Waals surface area contributed by atoms with Gasteiger partial charge in [-0.25, -0.2) is 9.80 Å². The van der Waals surface area contributed by atoms with Gasteiger partial charge in [-0.1, -0.05) is 24.3 Å². The zero-order chi connectivity index (χ0) is 16.9. The van der Waals surface area contributed by atoms with Crippen molar-refractivity contribution in [3.63, 3.8) is 0 Å². The van der Waals surface area contributed by atoms with Gasteiger partial charge in [0.05, 0.1) is 17.2 Å². The highest BCUT2D eigenvalue weighted by Crippen LogP contribution is 2.39. The first kappa shape index (κ1) is 16.3. The molecule has 0 unspecified atom stereocenters. The van der Waals surface area contributed by atoms with Crippen LogP contribution in [0.25, 0.3) is 0 Å². The van der Waals surface area contributed by atoms with E-state index in [1.54, 1.807) is 23.3 Å². The monoisotopic (exact) mass is 355 g/mol. The number of para-hydroxylation sites is 1. The summed E-state index contributed by atoms with van der Waals surface area (Å²) in [5.41, 5.74) is 0.740. The van der Waals surface area contributed by atoms with Gasteiger partial charge in [0.15, 0.2) is 5.57 Å². The van der Waals surface area contributed by atoms with E-state index in [4.69, 9.17) is 4.74 Å². The minimum absolute atomic E-state index is 0.0407. The Morgan fingerprint density at radius 1 is 1.29 bits per heavy atom. The number of hydrogen-bond donors (Lipinski definition) is 0. The summed E-state index contributed by atoms with van der Waals surface area (Å²) >= 11 is 2.86. The van der Waals surface area contributed by atoms with E-state index in [-0.39, 0.29) is 12.2 Å². The molecule has 1 aliphatic heterocycles. The van der Waals surface area contributed by atoms with Crippen LogP contribution in [0.4, 0.5) is 5.69 Å². The van der Waals surface area contributed by atoms with E-state index in [1.165, 1.54) is 11.8 Å². The second kappa shape index (κ2) is 7.34. The maximum Gasteiger partial charge on any atom is 0.351 e. The predicted octanol–water partition coefficient (Wildman–Crippen LogP) is 3.96. The van der Waals surface area contributed by atoms with Crippen LogP contribution in [-0.4, -0.2) is 17.6 Å². The minimum Gasteiger partial charge on any atom is -0.462 e. The fraction of sp³-hybridized carbons (Fsp3) is 0.118. The third-order valence-electron chi connectivity index (χ3n) is 3.11. The van der Waals surface area contributed by atoms with E-state index in [9.17, 15) is 10.1 Å². The number of rotatable bonds is 4. The number of esters is 1. The maximum absolute atomic E-state index is 12.1. The van der Waals surface area contributed by atoms with E-state index in [2.05, 4.69) is 5.10 Å². The van der Waals surface area contributed by atoms with Crippen molar-refractivity contribution in [2.24, 2.45) is 5.10 Å². The first-order valence-electron chi connectivity index (χ1n) is 7.21. The van der Waals surface area contributed by atoms with Crippen molar-refractivity contribution in [2.75, 3.05) is 11.6 Å². The largest absolute Gasteiger partial charge is 0.462 e. The average molecular weight is 355 g/mol. The number of nitriles is 1. The van der Waals surface area contributed by atoms with Crippen molar-refractivity contribution in [1.29, 1.82) is 5.26 Å². The van der Waals surface area contributed by atoms with Gasteiger partial charge in [-0.3, -0.25) is 0 Å². The highest BCUT2D eigenvalue weighted by molar-refractivity contribution is 8.18. The Balaban J connectivity index is 2.08. The van der Waals surface area contributed by atoms with Gasteiger partial charge >= 0.3 is 5.97 Å². The van der Waals surface area contributed by atoms with Gasteiger partial charge in [-0.15, -0.1) is 11.3 Å². The average Bonchev–Trinajstić information content (AvgIpc) is 3.26. The summed E-state index contributed by atoms with van der Waals surface area (Å²) < 4.78 is 5.01. The van der Waals surface area contributed by atoms with Gasteiger partial charge in [0, 0.05) is 0 Å². The van der Waals surface area contributed by atoms with Crippen molar-refractivity contribution in [3.8, 4) is 6.07 Å². The molecule has 0 saturated carbocycles. The van der Waals surface area contributed by atoms with E-state index in [1.807, 2.05) is 53.9 Å². The normalized spacial score (nSPS) is 15.7. The summed E-state index contributed by atoms with van der Waals surface area (Å²) in [4.78, 5) is 13.1. The Hall–Kier alpha value is -2.56. The highest BCUT2D eigenvalue weighted by atomic mass is 32.2. The standard InChI is InChI=1S/C17H13N3O2S2/c1-2-22-17(21)13(11-18)16-20(12-7-4-3-5-8-12)19-15(24-16)14-9-6-10-23-14/h3-10H,2H2,1H3/b16-13-. The summed E-state index contributed by atoms with van der Waals surface area (Å²) in [6.45, 7) is 1.92. The lowest BCUT2D eigenvalue weighted by Crippen LogP contribution is -2.16. The number of nitrogens with zero attached hydrogens (tertiary/aromatic N) is 3. The van der Waals surface area contributed by atoms with Crippen LogP contribution in [0.15, 0.2) is 63.5 Å². The second-order valence-corrected chi connectivity index (χ2v) is 6.57. The molecule has 1 aromatic carbocycles. The molecule has 1 aliphatic rings. The molecule has 0 aliphatic carbocycles. The first-order chi connectivity index (χ1) is 11.7. The molecular formula is C17H13N3O2S2. The lowest BCUT2D eigenvalue weighted by atomic mass is 10.3. The van der Waals surface area contributed by atoms with E-state index in [0.29, 0.717) is 5.03 Å². The zero-order valence-electron chi connectivity index (χ0n) is 12.8. The summed E-state index contributed by atoms with van der Waals surface area (Å²) in [5, 5.41) is 18.9. The van der Waals surface area contributed by atoms with Crippen LogP contribution in [-0.2, 0) is 9.53 Å². The Morgan fingerprint density at radius 3 is 2.71 bits per heavy atom. The number of hydrogen-bond acceptors (Lipinski definition) is 7. The van der Waals surface area contributed by atoms with E-state index >= 15 is 0 Å². The maximum atomic E-state index is 12.1. The van der Waals surface area contributed by atoms with Crippen molar-refractivity contribution < 1.29 is 9.53 Å². The second-order valence-electron chi connectivity index (χ2n) is 4.64. The van der Waals surface area contributed by atoms with Crippen LogP contribution in [0.5, 0.6) is 0 Å². The topological polar surface area (TPSA) is 65.7 Å². The van der Waals surface area contributed by atoms with E-state index < -0.39 is 5.97 Å². The Labute approximate surface area is 147 Å². The molecule has 3 rings (SSSR count). The molecule has 0 atom stereocenters. The minimum atomic E-state index is -0.633. The van der Waals surface area contributed by atoms with Gasteiger partial charge < -0.3 is 4.74 Å². The molecular weight excluding hydrogens is 342 g/mol. The van der Waals surface area contributed by atoms with Crippen LogP contribution in [0.3, 0.4) is 0 Å². The Kier molecular flexibility index (Phi) is 4.99. The summed E-state index contributed by atoms with van der Waals surface area (Å²) in [6.07, 6.45) is 0. The van der Waals surface area contributed by atoms with Crippen LogP contribution in [0, 0.1) is 11.3 Å². The van der Waals surface area contributed by atoms with Crippen molar-refractivity contribution in [3.05, 3.63) is 63.3 Å². The SMILES string of the molecule is CCOC(=O)/C(C#N)=C1\SC(c2cccs2)=NN1c1ccccc1.